The van der Waals surface area contributed by atoms with Gasteiger partial charge in [0.05, 0.1) is 17.7 Å². The van der Waals surface area contributed by atoms with E-state index in [1.807, 2.05) is 12.3 Å². The van der Waals surface area contributed by atoms with Crippen molar-refractivity contribution in [3.8, 4) is 0 Å². The van der Waals surface area contributed by atoms with Gasteiger partial charge in [-0.05, 0) is 56.4 Å². The molecule has 0 spiro atoms. The Morgan fingerprint density at radius 2 is 2.25 bits per heavy atom. The van der Waals surface area contributed by atoms with Crippen LogP contribution in [-0.4, -0.2) is 23.2 Å². The van der Waals surface area contributed by atoms with Crippen LogP contribution in [0.15, 0.2) is 5.38 Å². The highest BCUT2D eigenvalue weighted by molar-refractivity contribution is 7.10. The molecule has 0 saturated heterocycles. The van der Waals surface area contributed by atoms with Crippen molar-refractivity contribution in [1.82, 2.24) is 5.32 Å². The molecule has 1 amide bonds. The third kappa shape index (κ3) is 2.51. The fraction of sp³-hybridized carbons (Fsp3) is 0.688. The van der Waals surface area contributed by atoms with Crippen molar-refractivity contribution in [3.05, 3.63) is 21.4 Å². The highest BCUT2D eigenvalue weighted by Crippen LogP contribution is 2.40. The van der Waals surface area contributed by atoms with Gasteiger partial charge in [-0.3, -0.25) is 4.79 Å². The molecule has 1 heterocycles. The summed E-state index contributed by atoms with van der Waals surface area (Å²) in [5.74, 6) is 1.16. The zero-order valence-corrected chi connectivity index (χ0v) is 13.1. The number of amides is 1. The van der Waals surface area contributed by atoms with Crippen molar-refractivity contribution in [1.29, 1.82) is 0 Å². The number of hydrogen-bond acceptors (Lipinski definition) is 3. The molecule has 1 aromatic rings. The van der Waals surface area contributed by atoms with E-state index in [4.69, 9.17) is 0 Å². The van der Waals surface area contributed by atoms with E-state index in [2.05, 4.69) is 12.2 Å². The van der Waals surface area contributed by atoms with Gasteiger partial charge in [0.25, 0.3) is 5.91 Å². The van der Waals surface area contributed by atoms with Gasteiger partial charge < -0.3 is 10.4 Å². The maximum absolute atomic E-state index is 12.6. The Labute approximate surface area is 124 Å². The molecule has 2 aliphatic carbocycles. The van der Waals surface area contributed by atoms with Crippen molar-refractivity contribution in [2.45, 2.75) is 51.5 Å². The Morgan fingerprint density at radius 3 is 2.90 bits per heavy atom. The van der Waals surface area contributed by atoms with E-state index >= 15 is 0 Å². The van der Waals surface area contributed by atoms with Crippen molar-refractivity contribution in [2.75, 3.05) is 6.61 Å². The van der Waals surface area contributed by atoms with E-state index in [1.54, 1.807) is 11.3 Å². The standard InChI is InChI=1S/C16H23NO2S/c1-10-3-6-12-13(8-20-14(12)7-10)15(19)17-16(2,9-18)11-4-5-11/h8,10-11,18H,3-7,9H2,1-2H3,(H,17,19). The van der Waals surface area contributed by atoms with Crippen molar-refractivity contribution >= 4 is 17.2 Å². The fourth-order valence-electron chi connectivity index (χ4n) is 3.19. The molecule has 2 atom stereocenters. The monoisotopic (exact) mass is 293 g/mol. The van der Waals surface area contributed by atoms with Crippen LogP contribution in [-0.2, 0) is 12.8 Å². The molecule has 110 valence electrons. The quantitative estimate of drug-likeness (QED) is 0.897. The number of thiophene rings is 1. The summed E-state index contributed by atoms with van der Waals surface area (Å²) in [5, 5.41) is 14.7. The topological polar surface area (TPSA) is 49.3 Å². The molecule has 0 aromatic carbocycles. The molecule has 1 aromatic heterocycles. The number of hydrogen-bond donors (Lipinski definition) is 2. The van der Waals surface area contributed by atoms with Crippen LogP contribution in [0.3, 0.4) is 0 Å². The zero-order valence-electron chi connectivity index (χ0n) is 12.2. The molecule has 0 radical (unpaired) electrons. The van der Waals surface area contributed by atoms with Gasteiger partial charge in [0.2, 0.25) is 0 Å². The van der Waals surface area contributed by atoms with Crippen LogP contribution in [0, 0.1) is 11.8 Å². The van der Waals surface area contributed by atoms with Gasteiger partial charge >= 0.3 is 0 Å². The van der Waals surface area contributed by atoms with Crippen LogP contribution < -0.4 is 5.32 Å². The number of carbonyl (C=O) groups is 1. The molecule has 2 aliphatic rings. The average molecular weight is 293 g/mol. The second-order valence-electron chi connectivity index (χ2n) is 6.70. The first-order chi connectivity index (χ1) is 9.53. The summed E-state index contributed by atoms with van der Waals surface area (Å²) in [6.45, 7) is 4.26. The van der Waals surface area contributed by atoms with Gasteiger partial charge in [-0.25, -0.2) is 0 Å². The molecule has 20 heavy (non-hydrogen) atoms. The van der Waals surface area contributed by atoms with E-state index in [-0.39, 0.29) is 12.5 Å². The third-order valence-electron chi connectivity index (χ3n) is 4.85. The number of aliphatic hydroxyl groups excluding tert-OH is 1. The summed E-state index contributed by atoms with van der Waals surface area (Å²) in [6.07, 6.45) is 5.51. The number of carbonyl (C=O) groups excluding carboxylic acids is 1. The molecule has 2 N–H and O–H groups in total. The van der Waals surface area contributed by atoms with E-state index in [9.17, 15) is 9.90 Å². The van der Waals surface area contributed by atoms with Gasteiger partial charge in [0.15, 0.2) is 0 Å². The normalized spacial score (nSPS) is 24.9. The molecule has 2 unspecified atom stereocenters. The minimum atomic E-state index is -0.451. The lowest BCUT2D eigenvalue weighted by atomic mass is 9.88. The average Bonchev–Trinajstić information content (AvgIpc) is 3.19. The molecule has 1 fully saturated rings. The Hall–Kier alpha value is -0.870. The highest BCUT2D eigenvalue weighted by Gasteiger charge is 2.42. The second kappa shape index (κ2) is 5.15. The molecule has 0 aliphatic heterocycles. The summed E-state index contributed by atoms with van der Waals surface area (Å²) in [5.41, 5.74) is 1.65. The predicted octanol–water partition coefficient (Wildman–Crippen LogP) is 2.76. The summed E-state index contributed by atoms with van der Waals surface area (Å²) < 4.78 is 0. The summed E-state index contributed by atoms with van der Waals surface area (Å²) in [6, 6.07) is 0. The van der Waals surface area contributed by atoms with Crippen molar-refractivity contribution < 1.29 is 9.90 Å². The van der Waals surface area contributed by atoms with Gasteiger partial charge in [0, 0.05) is 10.3 Å². The van der Waals surface area contributed by atoms with Gasteiger partial charge in [-0.2, -0.15) is 0 Å². The smallest absolute Gasteiger partial charge is 0.252 e. The number of aliphatic hydroxyl groups is 1. The molecule has 0 bridgehead atoms. The Morgan fingerprint density at radius 1 is 1.50 bits per heavy atom. The van der Waals surface area contributed by atoms with Crippen LogP contribution in [0.25, 0.3) is 0 Å². The fourth-order valence-corrected chi connectivity index (χ4v) is 4.43. The molecule has 1 saturated carbocycles. The lowest BCUT2D eigenvalue weighted by Crippen LogP contribution is -2.50. The minimum Gasteiger partial charge on any atom is -0.394 e. The summed E-state index contributed by atoms with van der Waals surface area (Å²) in [7, 11) is 0. The van der Waals surface area contributed by atoms with Crippen molar-refractivity contribution in [2.24, 2.45) is 11.8 Å². The first kappa shape index (κ1) is 14.1. The Bertz CT molecular complexity index is 521. The molecule has 4 heteroatoms. The Balaban J connectivity index is 1.78. The van der Waals surface area contributed by atoms with Crippen molar-refractivity contribution in [3.63, 3.8) is 0 Å². The summed E-state index contributed by atoms with van der Waals surface area (Å²) >= 11 is 1.72. The first-order valence-electron chi connectivity index (χ1n) is 7.56. The number of nitrogens with one attached hydrogen (secondary N) is 1. The third-order valence-corrected chi connectivity index (χ3v) is 5.90. The maximum Gasteiger partial charge on any atom is 0.252 e. The predicted molar refractivity (Wildman–Crippen MR) is 81.2 cm³/mol. The largest absolute Gasteiger partial charge is 0.394 e. The second-order valence-corrected chi connectivity index (χ2v) is 7.67. The van der Waals surface area contributed by atoms with Gasteiger partial charge in [-0.15, -0.1) is 11.3 Å². The number of fused-ring (bicyclic) bond motifs is 1. The molecular weight excluding hydrogens is 270 g/mol. The van der Waals surface area contributed by atoms with E-state index in [0.717, 1.165) is 37.2 Å². The highest BCUT2D eigenvalue weighted by atomic mass is 32.1. The minimum absolute atomic E-state index is 0.000466. The first-order valence-corrected chi connectivity index (χ1v) is 8.44. The zero-order chi connectivity index (χ0) is 14.3. The summed E-state index contributed by atoms with van der Waals surface area (Å²) in [4.78, 5) is 13.9. The molecular formula is C16H23NO2S. The van der Waals surface area contributed by atoms with Crippen LogP contribution in [0.2, 0.25) is 0 Å². The van der Waals surface area contributed by atoms with Crippen LogP contribution >= 0.6 is 11.3 Å². The van der Waals surface area contributed by atoms with Gasteiger partial charge in [-0.1, -0.05) is 6.92 Å². The maximum atomic E-state index is 12.6. The van der Waals surface area contributed by atoms with Crippen LogP contribution in [0.5, 0.6) is 0 Å². The SMILES string of the molecule is CC1CCc2c(C(=O)NC(C)(CO)C3CC3)csc2C1. The van der Waals surface area contributed by atoms with Gasteiger partial charge in [0.1, 0.15) is 0 Å². The lowest BCUT2D eigenvalue weighted by Gasteiger charge is -2.29. The van der Waals surface area contributed by atoms with E-state index < -0.39 is 5.54 Å². The molecule has 3 rings (SSSR count). The molecule has 3 nitrogen and oxygen atoms in total. The lowest BCUT2D eigenvalue weighted by molar-refractivity contribution is 0.0824. The van der Waals surface area contributed by atoms with E-state index in [1.165, 1.54) is 16.9 Å². The Kier molecular flexibility index (Phi) is 3.63. The van der Waals surface area contributed by atoms with E-state index in [0.29, 0.717) is 5.92 Å². The number of rotatable bonds is 4. The van der Waals surface area contributed by atoms with Crippen LogP contribution in [0.4, 0.5) is 0 Å². The van der Waals surface area contributed by atoms with Crippen LogP contribution in [0.1, 0.15) is 53.9 Å².